The van der Waals surface area contributed by atoms with Crippen molar-refractivity contribution in [2.45, 2.75) is 5.91 Å². The molecule has 0 radical (unpaired) electrons. The highest BCUT2D eigenvalue weighted by Gasteiger charge is 2.22. The lowest BCUT2D eigenvalue weighted by molar-refractivity contribution is -0.199. The van der Waals surface area contributed by atoms with Crippen LogP contribution in [0.4, 0.5) is 4.79 Å². The summed E-state index contributed by atoms with van der Waals surface area (Å²) in [5.74, 6) is -2.61. The Morgan fingerprint density at radius 3 is 2.22 bits per heavy atom. The third-order valence-electron chi connectivity index (χ3n) is 0.544. The molecule has 0 heterocycles. The van der Waals surface area contributed by atoms with Crippen LogP contribution in [0.1, 0.15) is 0 Å². The molecule has 54 valence electrons. The Morgan fingerprint density at radius 1 is 1.67 bits per heavy atom. The zero-order valence-corrected chi connectivity index (χ0v) is 4.53. The molecule has 9 heavy (non-hydrogen) atoms. The second-order valence-electron chi connectivity index (χ2n) is 1.46. The van der Waals surface area contributed by atoms with Crippen molar-refractivity contribution in [1.29, 1.82) is 0 Å². The van der Waals surface area contributed by atoms with E-state index in [1.54, 1.807) is 0 Å². The number of carbonyl (C=O) groups excluding carboxylic acids is 1. The summed E-state index contributed by atoms with van der Waals surface area (Å²) in [4.78, 5) is 9.85. The Morgan fingerprint density at radius 2 is 2.11 bits per heavy atom. The van der Waals surface area contributed by atoms with Gasteiger partial charge in [-0.15, -0.1) is 0 Å². The zero-order valence-electron chi connectivity index (χ0n) is 4.53. The molecule has 0 aliphatic heterocycles. The summed E-state index contributed by atoms with van der Waals surface area (Å²) in [5, 5.41) is 26.3. The minimum absolute atomic E-state index is 1.00. The molecule has 0 saturated carbocycles. The molecule has 6 N–H and O–H groups in total. The fourth-order valence-electron chi connectivity index (χ4n) is 0.237. The maximum Gasteiger partial charge on any atom is 0.316 e. The summed E-state index contributed by atoms with van der Waals surface area (Å²) in [6, 6.07) is -1.12. The van der Waals surface area contributed by atoms with Crippen molar-refractivity contribution in [3.8, 4) is 0 Å². The standard InChI is InChI=1S/C3H8N2O4/c4-2(7)5-3(8,9)1-6/h6,8-9H,1H2,(H3,4,5,7). The molecule has 0 saturated heterocycles. The third-order valence-corrected chi connectivity index (χ3v) is 0.544. The summed E-state index contributed by atoms with van der Waals surface area (Å²) in [6.45, 7) is -1.00. The fourth-order valence-corrected chi connectivity index (χ4v) is 0.237. The normalized spacial score (nSPS) is 11.0. The number of hydrogen-bond donors (Lipinski definition) is 5. The molecule has 2 amide bonds. The summed E-state index contributed by atoms with van der Waals surface area (Å²) in [7, 11) is 0. The first-order chi connectivity index (χ1) is 3.98. The Balaban J connectivity index is 3.71. The smallest absolute Gasteiger partial charge is 0.316 e. The van der Waals surface area contributed by atoms with Crippen LogP contribution in [0.3, 0.4) is 0 Å². The van der Waals surface area contributed by atoms with Crippen molar-refractivity contribution in [1.82, 2.24) is 5.32 Å². The highest BCUT2D eigenvalue weighted by atomic mass is 16.5. The lowest BCUT2D eigenvalue weighted by atomic mass is 10.5. The van der Waals surface area contributed by atoms with Gasteiger partial charge in [0.05, 0.1) is 0 Å². The number of rotatable bonds is 2. The van der Waals surface area contributed by atoms with Crippen LogP contribution in [0, 0.1) is 0 Å². The Labute approximate surface area is 50.9 Å². The maximum atomic E-state index is 9.85. The van der Waals surface area contributed by atoms with Gasteiger partial charge in [-0.05, 0) is 0 Å². The fraction of sp³-hybridized carbons (Fsp3) is 0.667. The number of nitrogens with one attached hydrogen (secondary N) is 1. The van der Waals surface area contributed by atoms with E-state index in [1.165, 1.54) is 5.32 Å². The van der Waals surface area contributed by atoms with Crippen molar-refractivity contribution in [3.05, 3.63) is 0 Å². The molecule has 0 fully saturated rings. The van der Waals surface area contributed by atoms with Crippen molar-refractivity contribution in [3.63, 3.8) is 0 Å². The monoisotopic (exact) mass is 136 g/mol. The van der Waals surface area contributed by atoms with Crippen LogP contribution in [0.15, 0.2) is 0 Å². The Hall–Kier alpha value is -0.850. The molecule has 0 unspecified atom stereocenters. The lowest BCUT2D eigenvalue weighted by Gasteiger charge is -2.17. The molecule has 0 aromatic rings. The van der Waals surface area contributed by atoms with E-state index >= 15 is 0 Å². The number of amides is 2. The molecule has 0 aliphatic carbocycles. The van der Waals surface area contributed by atoms with Crippen LogP contribution in [0.5, 0.6) is 0 Å². The minimum Gasteiger partial charge on any atom is -0.389 e. The van der Waals surface area contributed by atoms with Crippen molar-refractivity contribution in [2.24, 2.45) is 5.73 Å². The van der Waals surface area contributed by atoms with E-state index in [1.807, 2.05) is 0 Å². The summed E-state index contributed by atoms with van der Waals surface area (Å²) in [5.41, 5.74) is 4.47. The number of hydrogen-bond acceptors (Lipinski definition) is 4. The van der Waals surface area contributed by atoms with Gasteiger partial charge in [-0.3, -0.25) is 5.32 Å². The van der Waals surface area contributed by atoms with Crippen LogP contribution < -0.4 is 11.1 Å². The molecule has 0 rings (SSSR count). The van der Waals surface area contributed by atoms with Gasteiger partial charge in [-0.1, -0.05) is 0 Å². The number of aliphatic hydroxyl groups is 3. The average Bonchev–Trinajstić information content (AvgIpc) is 1.63. The van der Waals surface area contributed by atoms with Crippen LogP contribution in [0.25, 0.3) is 0 Å². The SMILES string of the molecule is NC(=O)NC(O)(O)CO. The maximum absolute atomic E-state index is 9.85. The topological polar surface area (TPSA) is 116 Å². The molecule has 0 spiro atoms. The molecule has 0 aromatic carbocycles. The van der Waals surface area contributed by atoms with E-state index in [9.17, 15) is 4.79 Å². The van der Waals surface area contributed by atoms with E-state index in [0.29, 0.717) is 0 Å². The molecule has 0 aromatic heterocycles. The van der Waals surface area contributed by atoms with Gasteiger partial charge in [-0.25, -0.2) is 4.79 Å². The number of nitrogens with two attached hydrogens (primary N) is 1. The summed E-state index contributed by atoms with van der Waals surface area (Å²) in [6.07, 6.45) is 0. The van der Waals surface area contributed by atoms with Crippen LogP contribution >= 0.6 is 0 Å². The van der Waals surface area contributed by atoms with Gasteiger partial charge < -0.3 is 21.1 Å². The van der Waals surface area contributed by atoms with Crippen molar-refractivity contribution >= 4 is 6.03 Å². The van der Waals surface area contributed by atoms with Gasteiger partial charge in [-0.2, -0.15) is 0 Å². The Bertz CT molecular complexity index is 112. The van der Waals surface area contributed by atoms with Gasteiger partial charge in [0.2, 0.25) is 0 Å². The zero-order chi connectivity index (χ0) is 7.49. The minimum atomic E-state index is -2.61. The first-order valence-corrected chi connectivity index (χ1v) is 2.11. The predicted octanol–water partition coefficient (Wildman–Crippen LogP) is -2.71. The van der Waals surface area contributed by atoms with Gasteiger partial charge in [0.25, 0.3) is 5.91 Å². The molecule has 6 nitrogen and oxygen atoms in total. The van der Waals surface area contributed by atoms with Gasteiger partial charge in [0.15, 0.2) is 0 Å². The molecule has 0 aliphatic rings. The van der Waals surface area contributed by atoms with Gasteiger partial charge in [0.1, 0.15) is 6.61 Å². The second-order valence-corrected chi connectivity index (χ2v) is 1.46. The van der Waals surface area contributed by atoms with Crippen LogP contribution in [-0.2, 0) is 0 Å². The van der Waals surface area contributed by atoms with E-state index in [4.69, 9.17) is 15.3 Å². The van der Waals surface area contributed by atoms with Crippen LogP contribution in [-0.4, -0.2) is 33.9 Å². The number of primary amides is 1. The molecule has 6 heteroatoms. The Kier molecular flexibility index (Phi) is 2.38. The van der Waals surface area contributed by atoms with Crippen LogP contribution in [0.2, 0.25) is 0 Å². The first-order valence-electron chi connectivity index (χ1n) is 2.11. The molecular weight excluding hydrogens is 128 g/mol. The summed E-state index contributed by atoms with van der Waals surface area (Å²) >= 11 is 0. The number of urea groups is 1. The van der Waals surface area contributed by atoms with E-state index in [2.05, 4.69) is 5.73 Å². The highest BCUT2D eigenvalue weighted by Crippen LogP contribution is 1.87. The lowest BCUT2D eigenvalue weighted by Crippen LogP contribution is -2.53. The van der Waals surface area contributed by atoms with E-state index in [-0.39, 0.29) is 0 Å². The number of carbonyl (C=O) groups is 1. The second kappa shape index (κ2) is 2.62. The average molecular weight is 136 g/mol. The van der Waals surface area contributed by atoms with Crippen molar-refractivity contribution in [2.75, 3.05) is 6.61 Å². The molecule has 0 atom stereocenters. The molecular formula is C3H8N2O4. The molecule has 0 bridgehead atoms. The quantitative estimate of drug-likeness (QED) is 0.265. The predicted molar refractivity (Wildman–Crippen MR) is 27.0 cm³/mol. The van der Waals surface area contributed by atoms with Gasteiger partial charge >= 0.3 is 6.03 Å². The van der Waals surface area contributed by atoms with E-state index in [0.717, 1.165) is 0 Å². The third kappa shape index (κ3) is 3.71. The highest BCUT2D eigenvalue weighted by molar-refractivity contribution is 5.72. The van der Waals surface area contributed by atoms with Gasteiger partial charge in [0, 0.05) is 0 Å². The van der Waals surface area contributed by atoms with E-state index < -0.39 is 18.5 Å². The number of aliphatic hydroxyl groups excluding tert-OH is 1. The van der Waals surface area contributed by atoms with Crippen molar-refractivity contribution < 1.29 is 20.1 Å². The largest absolute Gasteiger partial charge is 0.389 e. The summed E-state index contributed by atoms with van der Waals surface area (Å²) < 4.78 is 0. The first kappa shape index (κ1) is 8.15.